The molecule has 3 rings (SSSR count). The Morgan fingerprint density at radius 3 is 2.15 bits per heavy atom. The van der Waals surface area contributed by atoms with Crippen molar-refractivity contribution in [1.29, 1.82) is 0 Å². The summed E-state index contributed by atoms with van der Waals surface area (Å²) in [6.45, 7) is 5.48. The lowest BCUT2D eigenvalue weighted by Gasteiger charge is -2.04. The Morgan fingerprint density at radius 1 is 0.926 bits per heavy atom. The fourth-order valence-electron chi connectivity index (χ4n) is 2.69. The van der Waals surface area contributed by atoms with Crippen molar-refractivity contribution in [1.82, 2.24) is 4.98 Å². The maximum Gasteiger partial charge on any atom is 0.231 e. The van der Waals surface area contributed by atoms with Crippen molar-refractivity contribution in [3.05, 3.63) is 64.0 Å². The normalized spacial score (nSPS) is 10.5. The lowest BCUT2D eigenvalue weighted by Crippen LogP contribution is -2.14. The van der Waals surface area contributed by atoms with Gasteiger partial charge in [-0.1, -0.05) is 29.8 Å². The number of hydrogen-bond acceptors (Lipinski definition) is 4. The number of thiazole rings is 1. The van der Waals surface area contributed by atoms with Gasteiger partial charge >= 0.3 is 0 Å². The molecule has 0 radical (unpaired) electrons. The summed E-state index contributed by atoms with van der Waals surface area (Å²) in [5, 5.41) is 6.42. The van der Waals surface area contributed by atoms with Gasteiger partial charge in [-0.15, -0.1) is 11.3 Å². The molecule has 0 saturated heterocycles. The predicted octanol–water partition coefficient (Wildman–Crippen LogP) is 4.57. The molecule has 2 aromatic carbocycles. The largest absolute Gasteiger partial charge is 0.326 e. The van der Waals surface area contributed by atoms with Crippen molar-refractivity contribution >= 4 is 34.5 Å². The number of aryl methyl sites for hydroxylation is 2. The summed E-state index contributed by atoms with van der Waals surface area (Å²) in [6.07, 6.45) is 0.239. The van der Waals surface area contributed by atoms with Gasteiger partial charge in [-0.3, -0.25) is 9.59 Å². The van der Waals surface area contributed by atoms with Crippen molar-refractivity contribution in [2.75, 3.05) is 10.6 Å². The van der Waals surface area contributed by atoms with Crippen LogP contribution in [-0.2, 0) is 16.0 Å². The van der Waals surface area contributed by atoms with E-state index in [4.69, 9.17) is 0 Å². The Bertz CT molecular complexity index is 960. The van der Waals surface area contributed by atoms with Crippen LogP contribution in [0.15, 0.2) is 48.5 Å². The Morgan fingerprint density at radius 2 is 1.52 bits per heavy atom. The second kappa shape index (κ2) is 8.14. The lowest BCUT2D eigenvalue weighted by molar-refractivity contribution is -0.116. The second-order valence-electron chi connectivity index (χ2n) is 6.36. The van der Waals surface area contributed by atoms with Gasteiger partial charge in [0.1, 0.15) is 5.01 Å². The SMILES string of the molecule is CC(=O)Nc1ccc(-c2nc(CC(=O)Nc3ccc(C)cc3)sc2C)cc1. The van der Waals surface area contributed by atoms with E-state index in [9.17, 15) is 9.59 Å². The van der Waals surface area contributed by atoms with E-state index in [-0.39, 0.29) is 18.2 Å². The average Bonchev–Trinajstić information content (AvgIpc) is 2.97. The fraction of sp³-hybridized carbons (Fsp3) is 0.190. The third-order valence-corrected chi connectivity index (χ3v) is 4.94. The molecule has 0 unspecified atom stereocenters. The Labute approximate surface area is 162 Å². The molecule has 0 aliphatic rings. The standard InChI is InChI=1S/C21H21N3O2S/c1-13-4-8-18(9-5-13)23-19(26)12-20-24-21(14(2)27-20)16-6-10-17(11-7-16)22-15(3)25/h4-11H,12H2,1-3H3,(H,22,25)(H,23,26). The van der Waals surface area contributed by atoms with E-state index in [0.717, 1.165) is 38.1 Å². The summed E-state index contributed by atoms with van der Waals surface area (Å²) in [5.41, 5.74) is 4.51. The molecule has 0 aliphatic heterocycles. The molecule has 138 valence electrons. The van der Waals surface area contributed by atoms with E-state index in [1.54, 1.807) is 0 Å². The summed E-state index contributed by atoms with van der Waals surface area (Å²) in [5.74, 6) is -0.186. The predicted molar refractivity (Wildman–Crippen MR) is 110 cm³/mol. The third-order valence-electron chi connectivity index (χ3n) is 3.97. The van der Waals surface area contributed by atoms with E-state index in [0.29, 0.717) is 0 Å². The number of nitrogens with one attached hydrogen (secondary N) is 2. The Hall–Kier alpha value is -2.99. The van der Waals surface area contributed by atoms with E-state index in [1.807, 2.05) is 62.4 Å². The fourth-order valence-corrected chi connectivity index (χ4v) is 3.64. The first-order valence-electron chi connectivity index (χ1n) is 8.61. The van der Waals surface area contributed by atoms with Crippen LogP contribution in [0.4, 0.5) is 11.4 Å². The van der Waals surface area contributed by atoms with E-state index in [1.165, 1.54) is 18.3 Å². The van der Waals surface area contributed by atoms with Gasteiger partial charge in [0, 0.05) is 28.7 Å². The highest BCUT2D eigenvalue weighted by molar-refractivity contribution is 7.12. The van der Waals surface area contributed by atoms with Crippen molar-refractivity contribution in [2.45, 2.75) is 27.2 Å². The first-order valence-corrected chi connectivity index (χ1v) is 9.43. The number of nitrogens with zero attached hydrogens (tertiary/aromatic N) is 1. The average molecular weight is 379 g/mol. The van der Waals surface area contributed by atoms with Crippen LogP contribution in [0, 0.1) is 13.8 Å². The summed E-state index contributed by atoms with van der Waals surface area (Å²) in [4.78, 5) is 29.1. The molecule has 27 heavy (non-hydrogen) atoms. The molecule has 1 aromatic heterocycles. The quantitative estimate of drug-likeness (QED) is 0.682. The lowest BCUT2D eigenvalue weighted by atomic mass is 10.1. The third kappa shape index (κ3) is 5.01. The maximum absolute atomic E-state index is 12.3. The number of benzene rings is 2. The molecule has 0 saturated carbocycles. The maximum atomic E-state index is 12.3. The van der Waals surface area contributed by atoms with E-state index in [2.05, 4.69) is 15.6 Å². The minimum atomic E-state index is -0.102. The van der Waals surface area contributed by atoms with Crippen molar-refractivity contribution < 1.29 is 9.59 Å². The second-order valence-corrected chi connectivity index (χ2v) is 7.65. The first kappa shape index (κ1) is 18.8. The number of carbonyl (C=O) groups is 2. The number of hydrogen-bond donors (Lipinski definition) is 2. The molecule has 1 heterocycles. The summed E-state index contributed by atoms with van der Waals surface area (Å²) < 4.78 is 0. The number of anilines is 2. The zero-order chi connectivity index (χ0) is 19.4. The van der Waals surface area contributed by atoms with Gasteiger partial charge in [0.05, 0.1) is 12.1 Å². The number of rotatable bonds is 5. The zero-order valence-electron chi connectivity index (χ0n) is 15.5. The van der Waals surface area contributed by atoms with Gasteiger partial charge in [-0.25, -0.2) is 4.98 Å². The van der Waals surface area contributed by atoms with Crippen molar-refractivity contribution in [3.63, 3.8) is 0 Å². The molecule has 0 bridgehead atoms. The van der Waals surface area contributed by atoms with Crippen LogP contribution >= 0.6 is 11.3 Å². The highest BCUT2D eigenvalue weighted by atomic mass is 32.1. The Kier molecular flexibility index (Phi) is 5.66. The van der Waals surface area contributed by atoms with Crippen LogP contribution in [0.25, 0.3) is 11.3 Å². The number of aromatic nitrogens is 1. The molecule has 2 N–H and O–H groups in total. The molecule has 5 nitrogen and oxygen atoms in total. The zero-order valence-corrected chi connectivity index (χ0v) is 16.3. The van der Waals surface area contributed by atoms with Gasteiger partial charge in [0.2, 0.25) is 11.8 Å². The monoisotopic (exact) mass is 379 g/mol. The number of amides is 2. The molecule has 6 heteroatoms. The number of carbonyl (C=O) groups excluding carboxylic acids is 2. The van der Waals surface area contributed by atoms with Crippen LogP contribution < -0.4 is 10.6 Å². The van der Waals surface area contributed by atoms with Crippen molar-refractivity contribution in [2.24, 2.45) is 0 Å². The highest BCUT2D eigenvalue weighted by Gasteiger charge is 2.13. The highest BCUT2D eigenvalue weighted by Crippen LogP contribution is 2.29. The van der Waals surface area contributed by atoms with Crippen LogP contribution in [0.2, 0.25) is 0 Å². The molecule has 2 amide bonds. The molecular weight excluding hydrogens is 358 g/mol. The van der Waals surface area contributed by atoms with E-state index >= 15 is 0 Å². The van der Waals surface area contributed by atoms with E-state index < -0.39 is 0 Å². The van der Waals surface area contributed by atoms with Crippen LogP contribution in [0.5, 0.6) is 0 Å². The topological polar surface area (TPSA) is 71.1 Å². The summed E-state index contributed by atoms with van der Waals surface area (Å²) in [7, 11) is 0. The van der Waals surface area contributed by atoms with Gasteiger partial charge in [-0.2, -0.15) is 0 Å². The smallest absolute Gasteiger partial charge is 0.231 e. The molecule has 0 fully saturated rings. The minimum Gasteiger partial charge on any atom is -0.326 e. The van der Waals surface area contributed by atoms with Gasteiger partial charge in [0.15, 0.2) is 0 Å². The first-order chi connectivity index (χ1) is 12.9. The summed E-state index contributed by atoms with van der Waals surface area (Å²) >= 11 is 1.52. The van der Waals surface area contributed by atoms with Crippen LogP contribution in [0.3, 0.4) is 0 Å². The molecule has 3 aromatic rings. The van der Waals surface area contributed by atoms with Crippen molar-refractivity contribution in [3.8, 4) is 11.3 Å². The summed E-state index contributed by atoms with van der Waals surface area (Å²) in [6, 6.07) is 15.2. The molecular formula is C21H21N3O2S. The van der Waals surface area contributed by atoms with Crippen LogP contribution in [0.1, 0.15) is 22.4 Å². The molecule has 0 aliphatic carbocycles. The Balaban J connectivity index is 1.69. The van der Waals surface area contributed by atoms with Gasteiger partial charge in [0.25, 0.3) is 0 Å². The molecule has 0 atom stereocenters. The molecule has 0 spiro atoms. The van der Waals surface area contributed by atoms with Crippen LogP contribution in [-0.4, -0.2) is 16.8 Å². The minimum absolute atomic E-state index is 0.0832. The van der Waals surface area contributed by atoms with Gasteiger partial charge < -0.3 is 10.6 Å². The van der Waals surface area contributed by atoms with Gasteiger partial charge in [-0.05, 0) is 38.1 Å².